The number of hydrogen-bond acceptors (Lipinski definition) is 3. The Balaban J connectivity index is 2.26. The minimum absolute atomic E-state index is 0.00423. The smallest absolute Gasteiger partial charge is 0.266 e. The predicted molar refractivity (Wildman–Crippen MR) is 92.2 cm³/mol. The van der Waals surface area contributed by atoms with Crippen molar-refractivity contribution in [1.29, 1.82) is 0 Å². The molecule has 0 N–H and O–H groups in total. The molecule has 0 aliphatic heterocycles. The van der Waals surface area contributed by atoms with E-state index in [9.17, 15) is 8.42 Å². The third kappa shape index (κ3) is 7.82. The fourth-order valence-electron chi connectivity index (χ4n) is 2.15. The second-order valence-electron chi connectivity index (χ2n) is 5.36. The van der Waals surface area contributed by atoms with E-state index in [0.29, 0.717) is 0 Å². The van der Waals surface area contributed by atoms with Gasteiger partial charge in [0.05, 0.1) is 11.5 Å². The molecule has 0 amide bonds. The molecular weight excluding hydrogens is 343 g/mol. The molecule has 0 aliphatic rings. The van der Waals surface area contributed by atoms with Crippen LogP contribution >= 0.6 is 23.2 Å². The summed E-state index contributed by atoms with van der Waals surface area (Å²) in [7, 11) is -3.78. The molecule has 3 nitrogen and oxygen atoms in total. The summed E-state index contributed by atoms with van der Waals surface area (Å²) in [6.07, 6.45) is 9.14. The summed E-state index contributed by atoms with van der Waals surface area (Å²) in [5, 5.41) is 0.559. The molecule has 0 saturated heterocycles. The van der Waals surface area contributed by atoms with E-state index in [2.05, 4.69) is 6.92 Å². The maximum Gasteiger partial charge on any atom is 0.297 e. The Kier molecular flexibility index (Phi) is 9.41. The van der Waals surface area contributed by atoms with E-state index in [-0.39, 0.29) is 21.5 Å². The summed E-state index contributed by atoms with van der Waals surface area (Å²) in [6.45, 7) is 2.40. The van der Waals surface area contributed by atoms with Crippen LogP contribution in [0, 0.1) is 0 Å². The third-order valence-electron chi connectivity index (χ3n) is 3.36. The quantitative estimate of drug-likeness (QED) is 0.365. The van der Waals surface area contributed by atoms with Gasteiger partial charge in [-0.15, -0.1) is 0 Å². The zero-order valence-corrected chi connectivity index (χ0v) is 15.3. The van der Waals surface area contributed by atoms with E-state index in [1.54, 1.807) is 0 Å². The van der Waals surface area contributed by atoms with Crippen molar-refractivity contribution in [3.63, 3.8) is 0 Å². The minimum Gasteiger partial charge on any atom is -0.266 e. The van der Waals surface area contributed by atoms with Gasteiger partial charge in [0, 0.05) is 10.0 Å². The Morgan fingerprint density at radius 2 is 1.36 bits per heavy atom. The summed E-state index contributed by atoms with van der Waals surface area (Å²) >= 11 is 11.6. The van der Waals surface area contributed by atoms with Crippen molar-refractivity contribution in [2.24, 2.45) is 0 Å². The molecule has 0 heterocycles. The first-order valence-corrected chi connectivity index (χ1v) is 9.97. The highest BCUT2D eigenvalue weighted by molar-refractivity contribution is 7.86. The molecule has 0 aliphatic carbocycles. The molecule has 0 fully saturated rings. The van der Waals surface area contributed by atoms with Crippen LogP contribution in [0.1, 0.15) is 58.3 Å². The molecule has 1 aromatic carbocycles. The molecule has 0 unspecified atom stereocenters. The SMILES string of the molecule is CCCCCCCCCCOS(=O)(=O)c1cc(Cl)cc(Cl)c1. The Morgan fingerprint density at radius 1 is 0.864 bits per heavy atom. The fourth-order valence-corrected chi connectivity index (χ4v) is 3.82. The van der Waals surface area contributed by atoms with E-state index in [1.165, 1.54) is 50.3 Å². The molecule has 22 heavy (non-hydrogen) atoms. The Bertz CT molecular complexity index is 524. The van der Waals surface area contributed by atoms with E-state index in [1.807, 2.05) is 0 Å². The van der Waals surface area contributed by atoms with E-state index >= 15 is 0 Å². The van der Waals surface area contributed by atoms with Crippen LogP contribution in [0.4, 0.5) is 0 Å². The lowest BCUT2D eigenvalue weighted by atomic mass is 10.1. The predicted octanol–water partition coefficient (Wildman–Crippen LogP) is 5.84. The first-order valence-electron chi connectivity index (χ1n) is 7.81. The molecule has 1 aromatic rings. The number of halogens is 2. The molecule has 0 bridgehead atoms. The molecule has 126 valence electrons. The maximum atomic E-state index is 12.0. The zero-order valence-electron chi connectivity index (χ0n) is 13.0. The first-order chi connectivity index (χ1) is 10.5. The number of benzene rings is 1. The van der Waals surface area contributed by atoms with E-state index in [4.69, 9.17) is 27.4 Å². The summed E-state index contributed by atoms with van der Waals surface area (Å²) < 4.78 is 29.0. The van der Waals surface area contributed by atoms with E-state index < -0.39 is 10.1 Å². The maximum absolute atomic E-state index is 12.0. The average Bonchev–Trinajstić information content (AvgIpc) is 2.44. The lowest BCUT2D eigenvalue weighted by molar-refractivity contribution is 0.306. The van der Waals surface area contributed by atoms with Crippen molar-refractivity contribution < 1.29 is 12.6 Å². The van der Waals surface area contributed by atoms with Crippen LogP contribution in [0.2, 0.25) is 10.0 Å². The summed E-state index contributed by atoms with van der Waals surface area (Å²) in [5.74, 6) is 0. The number of hydrogen-bond donors (Lipinski definition) is 0. The van der Waals surface area contributed by atoms with Crippen LogP contribution in [0.5, 0.6) is 0 Å². The highest BCUT2D eigenvalue weighted by Gasteiger charge is 2.16. The van der Waals surface area contributed by atoms with Gasteiger partial charge in [-0.25, -0.2) is 0 Å². The second-order valence-corrected chi connectivity index (χ2v) is 7.84. The molecule has 0 aromatic heterocycles. The lowest BCUT2D eigenvalue weighted by Crippen LogP contribution is -2.07. The highest BCUT2D eigenvalue weighted by atomic mass is 35.5. The minimum atomic E-state index is -3.78. The Labute approximate surface area is 144 Å². The van der Waals surface area contributed by atoms with Crippen LogP contribution in [-0.4, -0.2) is 15.0 Å². The molecule has 1 rings (SSSR count). The molecular formula is C16H24Cl2O3S. The topological polar surface area (TPSA) is 43.4 Å². The number of rotatable bonds is 11. The number of unbranched alkanes of at least 4 members (excludes halogenated alkanes) is 7. The van der Waals surface area contributed by atoms with Gasteiger partial charge in [-0.1, -0.05) is 75.1 Å². The van der Waals surface area contributed by atoms with Gasteiger partial charge in [0.15, 0.2) is 0 Å². The van der Waals surface area contributed by atoms with Crippen molar-refractivity contribution in [3.05, 3.63) is 28.2 Å². The van der Waals surface area contributed by atoms with Crippen molar-refractivity contribution in [1.82, 2.24) is 0 Å². The zero-order chi connectivity index (χ0) is 16.4. The van der Waals surface area contributed by atoms with Gasteiger partial charge in [0.1, 0.15) is 0 Å². The summed E-state index contributed by atoms with van der Waals surface area (Å²) in [4.78, 5) is 0.00423. The lowest BCUT2D eigenvalue weighted by Gasteiger charge is -2.07. The Morgan fingerprint density at radius 3 is 1.91 bits per heavy atom. The van der Waals surface area contributed by atoms with Gasteiger partial charge in [-0.3, -0.25) is 4.18 Å². The molecule has 0 radical (unpaired) electrons. The monoisotopic (exact) mass is 366 g/mol. The van der Waals surface area contributed by atoms with Gasteiger partial charge >= 0.3 is 0 Å². The summed E-state index contributed by atoms with van der Waals surface area (Å²) in [6, 6.07) is 4.17. The second kappa shape index (κ2) is 10.5. The highest BCUT2D eigenvalue weighted by Crippen LogP contribution is 2.23. The van der Waals surface area contributed by atoms with Crippen molar-refractivity contribution in [2.75, 3.05) is 6.61 Å². The third-order valence-corrected chi connectivity index (χ3v) is 5.09. The van der Waals surface area contributed by atoms with E-state index in [0.717, 1.165) is 19.3 Å². The van der Waals surface area contributed by atoms with Crippen LogP contribution in [0.15, 0.2) is 23.1 Å². The largest absolute Gasteiger partial charge is 0.297 e. The van der Waals surface area contributed by atoms with Crippen LogP contribution in [0.3, 0.4) is 0 Å². The van der Waals surface area contributed by atoms with Gasteiger partial charge in [-0.2, -0.15) is 8.42 Å². The van der Waals surface area contributed by atoms with Gasteiger partial charge in [0.2, 0.25) is 0 Å². The van der Waals surface area contributed by atoms with Gasteiger partial charge in [-0.05, 0) is 24.6 Å². The Hall–Kier alpha value is -0.290. The molecule has 0 spiro atoms. The molecule has 6 heteroatoms. The molecule has 0 saturated carbocycles. The van der Waals surface area contributed by atoms with Crippen LogP contribution in [-0.2, 0) is 14.3 Å². The van der Waals surface area contributed by atoms with Crippen molar-refractivity contribution >= 4 is 33.3 Å². The first kappa shape index (κ1) is 19.8. The summed E-state index contributed by atoms with van der Waals surface area (Å²) in [5.41, 5.74) is 0. The van der Waals surface area contributed by atoms with Gasteiger partial charge in [0.25, 0.3) is 10.1 Å². The van der Waals surface area contributed by atoms with Crippen LogP contribution < -0.4 is 0 Å². The van der Waals surface area contributed by atoms with Crippen LogP contribution in [0.25, 0.3) is 0 Å². The van der Waals surface area contributed by atoms with Gasteiger partial charge < -0.3 is 0 Å². The standard InChI is InChI=1S/C16H24Cl2O3S/c1-2-3-4-5-6-7-8-9-10-21-22(19,20)16-12-14(17)11-15(18)13-16/h11-13H,2-10H2,1H3. The van der Waals surface area contributed by atoms with Crippen molar-refractivity contribution in [2.45, 2.75) is 63.2 Å². The molecule has 0 atom stereocenters. The van der Waals surface area contributed by atoms with Crippen molar-refractivity contribution in [3.8, 4) is 0 Å². The average molecular weight is 367 g/mol. The normalized spacial score (nSPS) is 11.8. The fraction of sp³-hybridized carbons (Fsp3) is 0.625.